The van der Waals surface area contributed by atoms with Gasteiger partial charge in [-0.05, 0) is 88.2 Å². The number of rotatable bonds is 7. The zero-order valence-corrected chi connectivity index (χ0v) is 24.8. The Hall–Kier alpha value is -5.34. The van der Waals surface area contributed by atoms with E-state index >= 15 is 0 Å². The van der Waals surface area contributed by atoms with Crippen LogP contribution in [0.2, 0.25) is 0 Å². The summed E-state index contributed by atoms with van der Waals surface area (Å²) in [5.41, 5.74) is 9.00. The molecule has 0 spiro atoms. The first-order valence-electron chi connectivity index (χ1n) is 15.6. The van der Waals surface area contributed by atoms with Crippen LogP contribution < -0.4 is 4.90 Å². The number of fused-ring (bicyclic) bond motifs is 6. The van der Waals surface area contributed by atoms with Gasteiger partial charge < -0.3 is 9.32 Å². The molecule has 1 heterocycles. The van der Waals surface area contributed by atoms with E-state index in [1.54, 1.807) is 0 Å². The van der Waals surface area contributed by atoms with Crippen molar-refractivity contribution in [3.8, 4) is 11.1 Å². The molecule has 0 fully saturated rings. The second-order valence-electron chi connectivity index (χ2n) is 11.6. The third-order valence-corrected chi connectivity index (χ3v) is 8.81. The Morgan fingerprint density at radius 2 is 1.18 bits per heavy atom. The van der Waals surface area contributed by atoms with Gasteiger partial charge in [-0.25, -0.2) is 0 Å². The smallest absolute Gasteiger partial charge is 0.135 e. The summed E-state index contributed by atoms with van der Waals surface area (Å²) in [4.78, 5) is 2.41. The highest BCUT2D eigenvalue weighted by Gasteiger charge is 2.19. The summed E-state index contributed by atoms with van der Waals surface area (Å²) in [6, 6.07) is 52.6. The molecule has 0 unspecified atom stereocenters. The summed E-state index contributed by atoms with van der Waals surface area (Å²) in [6.45, 7) is 2.26. The van der Waals surface area contributed by atoms with Crippen LogP contribution in [0.15, 0.2) is 150 Å². The van der Waals surface area contributed by atoms with Crippen LogP contribution in [-0.4, -0.2) is 0 Å². The number of nitrogens with zero attached hydrogens (tertiary/aromatic N) is 1. The number of furan rings is 1. The minimum atomic E-state index is 0.900. The van der Waals surface area contributed by atoms with Crippen LogP contribution in [-0.2, 0) is 6.42 Å². The van der Waals surface area contributed by atoms with E-state index in [1.807, 2.05) is 12.1 Å². The zero-order chi connectivity index (χ0) is 29.5. The number of aryl methyl sites for hydroxylation is 1. The first-order valence-corrected chi connectivity index (χ1v) is 15.6. The normalized spacial score (nSPS) is 11.6. The molecule has 0 aliphatic heterocycles. The van der Waals surface area contributed by atoms with E-state index in [9.17, 15) is 0 Å². The molecule has 2 heteroatoms. The summed E-state index contributed by atoms with van der Waals surface area (Å²) in [7, 11) is 0. The van der Waals surface area contributed by atoms with Crippen LogP contribution in [0.5, 0.6) is 0 Å². The predicted octanol–water partition coefficient (Wildman–Crippen LogP) is 12.4. The van der Waals surface area contributed by atoms with Gasteiger partial charge in [-0.1, -0.05) is 116 Å². The number of hydrogen-bond acceptors (Lipinski definition) is 2. The molecule has 8 aromatic rings. The molecule has 0 aliphatic carbocycles. The summed E-state index contributed by atoms with van der Waals surface area (Å²) in [6.07, 6.45) is 3.52. The molecular weight excluding hydrogens is 534 g/mol. The fraction of sp³-hybridized carbons (Fsp3) is 0.0952. The largest absolute Gasteiger partial charge is 0.456 e. The van der Waals surface area contributed by atoms with Gasteiger partial charge in [0.05, 0.1) is 5.69 Å². The molecule has 0 radical (unpaired) electrons. The van der Waals surface area contributed by atoms with Gasteiger partial charge in [0.15, 0.2) is 0 Å². The molecule has 44 heavy (non-hydrogen) atoms. The van der Waals surface area contributed by atoms with Crippen molar-refractivity contribution in [2.75, 3.05) is 4.90 Å². The molecule has 1 aromatic heterocycles. The maximum absolute atomic E-state index is 6.21. The molecule has 0 atom stereocenters. The lowest BCUT2D eigenvalue weighted by Crippen LogP contribution is -2.10. The van der Waals surface area contributed by atoms with Crippen molar-refractivity contribution in [3.63, 3.8) is 0 Å². The molecule has 0 bridgehead atoms. The Labute approximate surface area is 257 Å². The molecular formula is C42H33NO. The fourth-order valence-electron chi connectivity index (χ4n) is 6.56. The number of hydrogen-bond donors (Lipinski definition) is 0. The van der Waals surface area contributed by atoms with Gasteiger partial charge in [0.25, 0.3) is 0 Å². The van der Waals surface area contributed by atoms with Crippen molar-refractivity contribution in [3.05, 3.63) is 151 Å². The Morgan fingerprint density at radius 1 is 0.500 bits per heavy atom. The highest BCUT2D eigenvalue weighted by molar-refractivity contribution is 6.15. The van der Waals surface area contributed by atoms with Gasteiger partial charge in [-0.2, -0.15) is 0 Å². The molecule has 212 valence electrons. The molecule has 2 nitrogen and oxygen atoms in total. The second kappa shape index (κ2) is 11.1. The standard InChI is InChI=1S/C42H33NO/c1-2-3-11-29-18-19-32-27-40(36-15-8-7-14-35(36)38(32)26-29)43(33-22-20-31(21-23-33)30-12-5-4-6-13-30)34-24-25-42-39(28-34)37-16-9-10-17-41(37)44-42/h4-10,12-28H,2-3,11H2,1H3. The van der Waals surface area contributed by atoms with Crippen LogP contribution in [0.1, 0.15) is 25.3 Å². The highest BCUT2D eigenvalue weighted by atomic mass is 16.3. The van der Waals surface area contributed by atoms with Crippen molar-refractivity contribution in [1.82, 2.24) is 0 Å². The summed E-state index contributed by atoms with van der Waals surface area (Å²) in [5, 5.41) is 7.32. The van der Waals surface area contributed by atoms with Gasteiger partial charge in [-0.3, -0.25) is 0 Å². The SMILES string of the molecule is CCCCc1ccc2cc(N(c3ccc(-c4ccccc4)cc3)c3ccc4oc5ccccc5c4c3)c3ccccc3c2c1. The topological polar surface area (TPSA) is 16.4 Å². The first kappa shape index (κ1) is 26.3. The van der Waals surface area contributed by atoms with Crippen molar-refractivity contribution < 1.29 is 4.42 Å². The lowest BCUT2D eigenvalue weighted by molar-refractivity contribution is 0.669. The summed E-state index contributed by atoms with van der Waals surface area (Å²) < 4.78 is 6.21. The Bertz CT molecular complexity index is 2260. The van der Waals surface area contributed by atoms with E-state index in [2.05, 4.69) is 145 Å². The Balaban J connectivity index is 1.36. The van der Waals surface area contributed by atoms with Gasteiger partial charge in [0.1, 0.15) is 11.2 Å². The molecule has 0 N–H and O–H groups in total. The minimum Gasteiger partial charge on any atom is -0.456 e. The molecule has 8 rings (SSSR count). The number of anilines is 3. The monoisotopic (exact) mass is 567 g/mol. The fourth-order valence-corrected chi connectivity index (χ4v) is 6.56. The van der Waals surface area contributed by atoms with E-state index in [1.165, 1.54) is 51.1 Å². The lowest BCUT2D eigenvalue weighted by Gasteiger charge is -2.28. The van der Waals surface area contributed by atoms with Crippen LogP contribution in [0.3, 0.4) is 0 Å². The third-order valence-electron chi connectivity index (χ3n) is 8.81. The van der Waals surface area contributed by atoms with E-state index in [-0.39, 0.29) is 0 Å². The van der Waals surface area contributed by atoms with E-state index < -0.39 is 0 Å². The quantitative estimate of drug-likeness (QED) is 0.178. The first-order chi connectivity index (χ1) is 21.8. The van der Waals surface area contributed by atoms with Gasteiger partial charge >= 0.3 is 0 Å². The lowest BCUT2D eigenvalue weighted by atomic mass is 9.96. The summed E-state index contributed by atoms with van der Waals surface area (Å²) in [5.74, 6) is 0. The van der Waals surface area contributed by atoms with Gasteiger partial charge in [-0.15, -0.1) is 0 Å². The predicted molar refractivity (Wildman–Crippen MR) is 187 cm³/mol. The van der Waals surface area contributed by atoms with Gasteiger partial charge in [0, 0.05) is 27.5 Å². The third kappa shape index (κ3) is 4.60. The summed E-state index contributed by atoms with van der Waals surface area (Å²) >= 11 is 0. The van der Waals surface area contributed by atoms with Crippen molar-refractivity contribution >= 4 is 60.5 Å². The maximum atomic E-state index is 6.21. The van der Waals surface area contributed by atoms with Crippen molar-refractivity contribution in [2.45, 2.75) is 26.2 Å². The van der Waals surface area contributed by atoms with Crippen molar-refractivity contribution in [2.24, 2.45) is 0 Å². The van der Waals surface area contributed by atoms with E-state index in [0.717, 1.165) is 45.4 Å². The molecule has 0 amide bonds. The molecule has 0 saturated carbocycles. The van der Waals surface area contributed by atoms with E-state index in [0.29, 0.717) is 0 Å². The zero-order valence-electron chi connectivity index (χ0n) is 24.8. The van der Waals surface area contributed by atoms with Crippen LogP contribution in [0.4, 0.5) is 17.1 Å². The van der Waals surface area contributed by atoms with Crippen LogP contribution >= 0.6 is 0 Å². The minimum absolute atomic E-state index is 0.900. The average Bonchev–Trinajstić information content (AvgIpc) is 3.46. The van der Waals surface area contributed by atoms with Crippen LogP contribution in [0, 0.1) is 0 Å². The van der Waals surface area contributed by atoms with Gasteiger partial charge in [0.2, 0.25) is 0 Å². The average molecular weight is 568 g/mol. The molecule has 0 saturated heterocycles. The van der Waals surface area contributed by atoms with E-state index in [4.69, 9.17) is 4.42 Å². The number of para-hydroxylation sites is 1. The highest BCUT2D eigenvalue weighted by Crippen LogP contribution is 2.44. The van der Waals surface area contributed by atoms with Crippen molar-refractivity contribution in [1.29, 1.82) is 0 Å². The number of benzene rings is 7. The maximum Gasteiger partial charge on any atom is 0.135 e. The Kier molecular flexibility index (Phi) is 6.61. The molecule has 0 aliphatic rings. The number of unbranched alkanes of at least 4 members (excludes halogenated alkanes) is 1. The second-order valence-corrected chi connectivity index (χ2v) is 11.6. The Morgan fingerprint density at radius 3 is 2.00 bits per heavy atom. The van der Waals surface area contributed by atoms with Crippen LogP contribution in [0.25, 0.3) is 54.6 Å². The molecule has 7 aromatic carbocycles.